The van der Waals surface area contributed by atoms with Gasteiger partial charge in [0.25, 0.3) is 5.91 Å². The van der Waals surface area contributed by atoms with Crippen LogP contribution in [-0.4, -0.2) is 33.8 Å². The molecule has 1 N–H and O–H groups in total. The number of hydrogen-bond donors (Lipinski definition) is 1. The molecule has 1 aromatic carbocycles. The summed E-state index contributed by atoms with van der Waals surface area (Å²) in [5, 5.41) is 10.5. The van der Waals surface area contributed by atoms with Crippen molar-refractivity contribution in [2.75, 3.05) is 11.9 Å². The third kappa shape index (κ3) is 3.30. The molecule has 1 saturated heterocycles. The van der Waals surface area contributed by atoms with Crippen LogP contribution in [0.3, 0.4) is 0 Å². The third-order valence-corrected chi connectivity index (χ3v) is 4.23. The SMILES string of the molecule is Cc1cc(C(=O)N2CCCCC2CCBr)ccc1O. The molecule has 0 aliphatic carbocycles. The number of halogens is 1. The molecular weight excluding hydrogens is 306 g/mol. The summed E-state index contributed by atoms with van der Waals surface area (Å²) in [5.41, 5.74) is 1.43. The molecule has 1 aliphatic heterocycles. The second kappa shape index (κ2) is 6.42. The fraction of sp³-hybridized carbons (Fsp3) is 0.533. The maximum atomic E-state index is 12.6. The van der Waals surface area contributed by atoms with Crippen molar-refractivity contribution in [2.45, 2.75) is 38.6 Å². The summed E-state index contributed by atoms with van der Waals surface area (Å²) in [6, 6.07) is 5.43. The molecule has 1 atom stereocenters. The Kier molecular flexibility index (Phi) is 4.86. The molecule has 19 heavy (non-hydrogen) atoms. The molecule has 4 heteroatoms. The highest BCUT2D eigenvalue weighted by Gasteiger charge is 2.27. The fourth-order valence-corrected chi connectivity index (χ4v) is 3.18. The van der Waals surface area contributed by atoms with Crippen molar-refractivity contribution >= 4 is 21.8 Å². The summed E-state index contributed by atoms with van der Waals surface area (Å²) in [6.45, 7) is 2.66. The lowest BCUT2D eigenvalue weighted by Crippen LogP contribution is -2.43. The summed E-state index contributed by atoms with van der Waals surface area (Å²) in [5.74, 6) is 0.334. The molecule has 0 aromatic heterocycles. The van der Waals surface area contributed by atoms with Crippen LogP contribution in [0.1, 0.15) is 41.6 Å². The molecule has 1 amide bonds. The molecule has 0 bridgehead atoms. The van der Waals surface area contributed by atoms with Gasteiger partial charge in [0.1, 0.15) is 5.75 Å². The van der Waals surface area contributed by atoms with E-state index in [4.69, 9.17) is 0 Å². The van der Waals surface area contributed by atoms with Crippen LogP contribution in [0.4, 0.5) is 0 Å². The number of phenolic OH excluding ortho intramolecular Hbond substituents is 1. The van der Waals surface area contributed by atoms with Crippen LogP contribution < -0.4 is 0 Å². The van der Waals surface area contributed by atoms with Gasteiger partial charge < -0.3 is 10.0 Å². The molecule has 3 nitrogen and oxygen atoms in total. The number of hydrogen-bond acceptors (Lipinski definition) is 2. The van der Waals surface area contributed by atoms with E-state index in [0.717, 1.165) is 36.7 Å². The summed E-state index contributed by atoms with van der Waals surface area (Å²) in [4.78, 5) is 14.6. The lowest BCUT2D eigenvalue weighted by Gasteiger charge is -2.35. The number of nitrogens with zero attached hydrogens (tertiary/aromatic N) is 1. The first kappa shape index (κ1) is 14.4. The first-order valence-electron chi connectivity index (χ1n) is 6.80. The quantitative estimate of drug-likeness (QED) is 0.864. The molecule has 0 spiro atoms. The Bertz CT molecular complexity index is 459. The lowest BCUT2D eigenvalue weighted by atomic mass is 9.98. The summed E-state index contributed by atoms with van der Waals surface area (Å²) in [6.07, 6.45) is 4.38. The monoisotopic (exact) mass is 325 g/mol. The molecule has 0 saturated carbocycles. The largest absolute Gasteiger partial charge is 0.508 e. The summed E-state index contributed by atoms with van der Waals surface area (Å²) in [7, 11) is 0. The van der Waals surface area contributed by atoms with Crippen LogP contribution in [0.5, 0.6) is 5.75 Å². The zero-order valence-corrected chi connectivity index (χ0v) is 12.8. The standard InChI is InChI=1S/C15H20BrNO2/c1-11-10-12(5-6-14(11)18)15(19)17-9-3-2-4-13(17)7-8-16/h5-6,10,13,18H,2-4,7-9H2,1H3. The lowest BCUT2D eigenvalue weighted by molar-refractivity contribution is 0.0610. The van der Waals surface area contributed by atoms with E-state index >= 15 is 0 Å². The molecule has 0 radical (unpaired) electrons. The van der Waals surface area contributed by atoms with Crippen LogP contribution in [0.15, 0.2) is 18.2 Å². The minimum Gasteiger partial charge on any atom is -0.508 e. The molecule has 1 heterocycles. The fourth-order valence-electron chi connectivity index (χ4n) is 2.65. The number of benzene rings is 1. The maximum absolute atomic E-state index is 12.6. The van der Waals surface area contributed by atoms with Gasteiger partial charge in [-0.2, -0.15) is 0 Å². The van der Waals surface area contributed by atoms with Gasteiger partial charge >= 0.3 is 0 Å². The predicted molar refractivity (Wildman–Crippen MR) is 79.9 cm³/mol. The van der Waals surface area contributed by atoms with Crippen LogP contribution >= 0.6 is 15.9 Å². The van der Waals surface area contributed by atoms with E-state index in [1.165, 1.54) is 6.42 Å². The molecule has 1 unspecified atom stereocenters. The van der Waals surface area contributed by atoms with Crippen molar-refractivity contribution in [2.24, 2.45) is 0 Å². The van der Waals surface area contributed by atoms with Gasteiger partial charge in [0, 0.05) is 23.5 Å². The molecule has 1 aromatic rings. The van der Waals surface area contributed by atoms with Crippen molar-refractivity contribution < 1.29 is 9.90 Å². The first-order chi connectivity index (χ1) is 9.13. The Balaban J connectivity index is 2.18. The highest BCUT2D eigenvalue weighted by Crippen LogP contribution is 2.24. The third-order valence-electron chi connectivity index (χ3n) is 3.77. The van der Waals surface area contributed by atoms with Gasteiger partial charge in [-0.15, -0.1) is 0 Å². The smallest absolute Gasteiger partial charge is 0.254 e. The summed E-state index contributed by atoms with van der Waals surface area (Å²) >= 11 is 3.47. The van der Waals surface area contributed by atoms with Gasteiger partial charge in [0.05, 0.1) is 0 Å². The Morgan fingerprint density at radius 2 is 2.26 bits per heavy atom. The van der Waals surface area contributed by atoms with Gasteiger partial charge in [-0.05, 0) is 56.4 Å². The van der Waals surface area contributed by atoms with E-state index in [2.05, 4.69) is 15.9 Å². The number of piperidine rings is 1. The zero-order chi connectivity index (χ0) is 13.8. The molecule has 1 fully saturated rings. The van der Waals surface area contributed by atoms with E-state index in [-0.39, 0.29) is 11.7 Å². The number of aromatic hydroxyl groups is 1. The minimum absolute atomic E-state index is 0.0914. The van der Waals surface area contributed by atoms with Gasteiger partial charge in [-0.25, -0.2) is 0 Å². The van der Waals surface area contributed by atoms with Crippen LogP contribution in [-0.2, 0) is 0 Å². The predicted octanol–water partition coefficient (Wildman–Crippen LogP) is 3.48. The normalized spacial score (nSPS) is 19.5. The minimum atomic E-state index is 0.0914. The van der Waals surface area contributed by atoms with E-state index in [0.29, 0.717) is 11.6 Å². The average Bonchev–Trinajstić information content (AvgIpc) is 2.42. The van der Waals surface area contributed by atoms with Crippen molar-refractivity contribution in [1.29, 1.82) is 0 Å². The van der Waals surface area contributed by atoms with Crippen molar-refractivity contribution in [3.63, 3.8) is 0 Å². The Labute approximate surface area is 122 Å². The molecular formula is C15H20BrNO2. The van der Waals surface area contributed by atoms with Gasteiger partial charge in [-0.3, -0.25) is 4.79 Å². The highest BCUT2D eigenvalue weighted by molar-refractivity contribution is 9.09. The number of phenols is 1. The molecule has 2 rings (SSSR count). The van der Waals surface area contributed by atoms with Gasteiger partial charge in [0.15, 0.2) is 0 Å². The van der Waals surface area contributed by atoms with E-state index in [9.17, 15) is 9.90 Å². The summed E-state index contributed by atoms with van der Waals surface area (Å²) < 4.78 is 0. The van der Waals surface area contributed by atoms with Crippen molar-refractivity contribution in [3.8, 4) is 5.75 Å². The van der Waals surface area contributed by atoms with Gasteiger partial charge in [-0.1, -0.05) is 15.9 Å². The van der Waals surface area contributed by atoms with Gasteiger partial charge in [0.2, 0.25) is 0 Å². The first-order valence-corrected chi connectivity index (χ1v) is 7.92. The van der Waals surface area contributed by atoms with E-state index in [1.54, 1.807) is 18.2 Å². The molecule has 1 aliphatic rings. The number of amides is 1. The van der Waals surface area contributed by atoms with Crippen LogP contribution in [0.25, 0.3) is 0 Å². The van der Waals surface area contributed by atoms with Crippen molar-refractivity contribution in [1.82, 2.24) is 4.90 Å². The highest BCUT2D eigenvalue weighted by atomic mass is 79.9. The van der Waals surface area contributed by atoms with Crippen LogP contribution in [0, 0.1) is 6.92 Å². The van der Waals surface area contributed by atoms with Crippen LogP contribution in [0.2, 0.25) is 0 Å². The second-order valence-electron chi connectivity index (χ2n) is 5.13. The Hall–Kier alpha value is -1.03. The second-order valence-corrected chi connectivity index (χ2v) is 5.92. The number of aryl methyl sites for hydroxylation is 1. The average molecular weight is 326 g/mol. The number of likely N-dealkylation sites (tertiary alicyclic amines) is 1. The van der Waals surface area contributed by atoms with Crippen molar-refractivity contribution in [3.05, 3.63) is 29.3 Å². The number of rotatable bonds is 3. The van der Waals surface area contributed by atoms with E-state index in [1.807, 2.05) is 11.8 Å². The Morgan fingerprint density at radius 3 is 2.95 bits per heavy atom. The molecule has 104 valence electrons. The number of carbonyl (C=O) groups is 1. The van der Waals surface area contributed by atoms with E-state index < -0.39 is 0 Å². The maximum Gasteiger partial charge on any atom is 0.254 e. The number of alkyl halides is 1. The Morgan fingerprint density at radius 1 is 1.47 bits per heavy atom. The zero-order valence-electron chi connectivity index (χ0n) is 11.2. The number of carbonyl (C=O) groups excluding carboxylic acids is 1. The topological polar surface area (TPSA) is 40.5 Å².